The van der Waals surface area contributed by atoms with Gasteiger partial charge in [0.05, 0.1) is 16.9 Å². The molecule has 1 fully saturated rings. The number of para-hydroxylation sites is 1. The third-order valence-corrected chi connectivity index (χ3v) is 5.84. The van der Waals surface area contributed by atoms with Gasteiger partial charge in [0.1, 0.15) is 0 Å². The van der Waals surface area contributed by atoms with Crippen LogP contribution in [0.1, 0.15) is 28.5 Å². The maximum Gasteiger partial charge on any atom is 0.335 e. The number of aromatic carboxylic acids is 1. The van der Waals surface area contributed by atoms with Crippen LogP contribution in [-0.4, -0.2) is 39.4 Å². The summed E-state index contributed by atoms with van der Waals surface area (Å²) in [5.41, 5.74) is 2.12. The topological polar surface area (TPSA) is 93.7 Å². The molecule has 7 nitrogen and oxygen atoms in total. The van der Waals surface area contributed by atoms with Crippen LogP contribution in [0.3, 0.4) is 0 Å². The van der Waals surface area contributed by atoms with E-state index in [9.17, 15) is 14.4 Å². The van der Waals surface area contributed by atoms with Crippen molar-refractivity contribution in [3.63, 3.8) is 0 Å². The zero-order chi connectivity index (χ0) is 19.6. The third kappa shape index (κ3) is 1.95. The smallest absolute Gasteiger partial charge is 0.335 e. The van der Waals surface area contributed by atoms with E-state index in [0.717, 1.165) is 27.1 Å². The number of carbonyl (C=O) groups excluding carboxylic acids is 2. The average Bonchev–Trinajstić information content (AvgIpc) is 3.17. The Balaban J connectivity index is 1.63. The molecule has 7 heteroatoms. The van der Waals surface area contributed by atoms with Crippen molar-refractivity contribution in [3.05, 3.63) is 65.4 Å². The molecule has 0 spiro atoms. The number of hydrogen-bond donors (Lipinski definition) is 2. The van der Waals surface area contributed by atoms with E-state index in [1.807, 2.05) is 24.3 Å². The van der Waals surface area contributed by atoms with Crippen LogP contribution in [-0.2, 0) is 16.8 Å². The van der Waals surface area contributed by atoms with E-state index < -0.39 is 11.5 Å². The number of imide groups is 1. The van der Waals surface area contributed by atoms with Crippen LogP contribution in [0.15, 0.2) is 48.5 Å². The summed E-state index contributed by atoms with van der Waals surface area (Å²) >= 11 is 0. The first-order valence-corrected chi connectivity index (χ1v) is 9.02. The van der Waals surface area contributed by atoms with E-state index in [1.54, 1.807) is 11.8 Å². The molecule has 2 aliphatic rings. The Labute approximate surface area is 160 Å². The highest BCUT2D eigenvalue weighted by molar-refractivity contribution is 6.23. The van der Waals surface area contributed by atoms with Crippen molar-refractivity contribution in [1.29, 1.82) is 0 Å². The van der Waals surface area contributed by atoms with Crippen LogP contribution in [0.4, 0.5) is 10.5 Å². The molecule has 3 heterocycles. The van der Waals surface area contributed by atoms with Gasteiger partial charge < -0.3 is 15.0 Å². The number of H-pyrrole nitrogens is 1. The van der Waals surface area contributed by atoms with E-state index in [1.165, 1.54) is 24.3 Å². The Bertz CT molecular complexity index is 1160. The number of carbonyl (C=O) groups is 3. The van der Waals surface area contributed by atoms with Crippen molar-refractivity contribution >= 4 is 34.5 Å². The predicted octanol–water partition coefficient (Wildman–Crippen LogP) is 3.11. The number of aromatic nitrogens is 1. The summed E-state index contributed by atoms with van der Waals surface area (Å²) in [4.78, 5) is 43.7. The minimum Gasteiger partial charge on any atom is -0.478 e. The van der Waals surface area contributed by atoms with Crippen molar-refractivity contribution in [2.24, 2.45) is 0 Å². The van der Waals surface area contributed by atoms with Crippen LogP contribution in [0.2, 0.25) is 0 Å². The van der Waals surface area contributed by atoms with Gasteiger partial charge in [-0.05, 0) is 49.2 Å². The predicted molar refractivity (Wildman–Crippen MR) is 102 cm³/mol. The molecule has 1 aromatic heterocycles. The maximum absolute atomic E-state index is 13.5. The number of nitrogens with one attached hydrogen (secondary N) is 1. The first kappa shape index (κ1) is 16.6. The fourth-order valence-electron chi connectivity index (χ4n) is 4.37. The second-order valence-electron chi connectivity index (χ2n) is 7.27. The highest BCUT2D eigenvalue weighted by Gasteiger charge is 2.58. The van der Waals surface area contributed by atoms with E-state index in [4.69, 9.17) is 5.11 Å². The van der Waals surface area contributed by atoms with Crippen LogP contribution in [0.25, 0.3) is 10.9 Å². The van der Waals surface area contributed by atoms with E-state index >= 15 is 0 Å². The first-order chi connectivity index (χ1) is 13.4. The standard InChI is InChI=1S/C21H17N3O4/c1-21-17-15(14-4-2-3-5-16(14)22-17)10-11-23(21)20(28)24(19(21)27)13-8-6-12(7-9-13)18(25)26/h2-9,22H,10-11H2,1H3,(H,25,26)/t21-/m1/s1. The van der Waals surface area contributed by atoms with Crippen LogP contribution in [0, 0.1) is 0 Å². The van der Waals surface area contributed by atoms with Gasteiger partial charge in [0, 0.05) is 17.4 Å². The lowest BCUT2D eigenvalue weighted by molar-refractivity contribution is -0.125. The number of aromatic amines is 1. The van der Waals surface area contributed by atoms with Gasteiger partial charge in [-0.25, -0.2) is 14.5 Å². The van der Waals surface area contributed by atoms with Gasteiger partial charge in [-0.2, -0.15) is 0 Å². The molecule has 3 aromatic rings. The molecule has 5 rings (SSSR count). The number of amides is 3. The second-order valence-corrected chi connectivity index (χ2v) is 7.27. The lowest BCUT2D eigenvalue weighted by Crippen LogP contribution is -2.49. The number of nitrogens with zero attached hydrogens (tertiary/aromatic N) is 2. The quantitative estimate of drug-likeness (QED) is 0.673. The summed E-state index contributed by atoms with van der Waals surface area (Å²) in [6, 6.07) is 13.3. The summed E-state index contributed by atoms with van der Waals surface area (Å²) in [5, 5.41) is 10.1. The summed E-state index contributed by atoms with van der Waals surface area (Å²) in [6.45, 7) is 2.21. The van der Waals surface area contributed by atoms with Gasteiger partial charge in [0.25, 0.3) is 5.91 Å². The van der Waals surface area contributed by atoms with Gasteiger partial charge in [0.2, 0.25) is 0 Å². The lowest BCUT2D eigenvalue weighted by Gasteiger charge is -2.35. The Morgan fingerprint density at radius 2 is 1.82 bits per heavy atom. The van der Waals surface area contributed by atoms with Crippen LogP contribution < -0.4 is 4.90 Å². The maximum atomic E-state index is 13.5. The van der Waals surface area contributed by atoms with Gasteiger partial charge in [0.15, 0.2) is 5.54 Å². The summed E-state index contributed by atoms with van der Waals surface area (Å²) in [7, 11) is 0. The Morgan fingerprint density at radius 1 is 1.11 bits per heavy atom. The zero-order valence-corrected chi connectivity index (χ0v) is 15.1. The minimum atomic E-state index is -1.12. The number of rotatable bonds is 2. The zero-order valence-electron chi connectivity index (χ0n) is 15.1. The van der Waals surface area contributed by atoms with Crippen LogP contribution >= 0.6 is 0 Å². The van der Waals surface area contributed by atoms with Gasteiger partial charge in [-0.15, -0.1) is 0 Å². The minimum absolute atomic E-state index is 0.102. The highest BCUT2D eigenvalue weighted by atomic mass is 16.4. The highest BCUT2D eigenvalue weighted by Crippen LogP contribution is 2.45. The fraction of sp³-hybridized carbons (Fsp3) is 0.190. The molecule has 2 N–H and O–H groups in total. The number of carboxylic acid groups (broad SMARTS) is 1. The van der Waals surface area contributed by atoms with E-state index in [2.05, 4.69) is 4.98 Å². The number of hydrogen-bond acceptors (Lipinski definition) is 3. The molecule has 140 valence electrons. The van der Waals surface area contributed by atoms with Crippen molar-refractivity contribution < 1.29 is 19.5 Å². The first-order valence-electron chi connectivity index (χ1n) is 9.02. The number of carboxylic acids is 1. The molecule has 0 bridgehead atoms. The van der Waals surface area contributed by atoms with Crippen molar-refractivity contribution in [2.45, 2.75) is 18.9 Å². The van der Waals surface area contributed by atoms with Crippen molar-refractivity contribution in [1.82, 2.24) is 9.88 Å². The molecule has 0 aliphatic carbocycles. The number of benzene rings is 2. The second kappa shape index (κ2) is 5.45. The number of fused-ring (bicyclic) bond motifs is 5. The molecule has 0 radical (unpaired) electrons. The number of anilines is 1. The lowest BCUT2D eigenvalue weighted by atomic mass is 9.87. The Morgan fingerprint density at radius 3 is 2.54 bits per heavy atom. The van der Waals surface area contributed by atoms with Crippen molar-refractivity contribution in [2.75, 3.05) is 11.4 Å². The van der Waals surface area contributed by atoms with Crippen molar-refractivity contribution in [3.8, 4) is 0 Å². The molecule has 1 saturated heterocycles. The van der Waals surface area contributed by atoms with Gasteiger partial charge >= 0.3 is 12.0 Å². The molecular weight excluding hydrogens is 358 g/mol. The van der Waals surface area contributed by atoms with Gasteiger partial charge in [-0.3, -0.25) is 4.79 Å². The summed E-state index contributed by atoms with van der Waals surface area (Å²) < 4.78 is 0. The summed E-state index contributed by atoms with van der Waals surface area (Å²) in [6.07, 6.45) is 0.666. The average molecular weight is 375 g/mol. The number of urea groups is 1. The normalized spacial score (nSPS) is 21.2. The largest absolute Gasteiger partial charge is 0.478 e. The molecule has 2 aromatic carbocycles. The van der Waals surface area contributed by atoms with E-state index in [0.29, 0.717) is 18.7 Å². The molecule has 28 heavy (non-hydrogen) atoms. The molecule has 1 atom stereocenters. The third-order valence-electron chi connectivity index (χ3n) is 5.84. The molecule has 2 aliphatic heterocycles. The van der Waals surface area contributed by atoms with Crippen LogP contribution in [0.5, 0.6) is 0 Å². The molecule has 3 amide bonds. The monoisotopic (exact) mass is 375 g/mol. The van der Waals surface area contributed by atoms with Gasteiger partial charge in [-0.1, -0.05) is 18.2 Å². The molecule has 0 saturated carbocycles. The Kier molecular flexibility index (Phi) is 3.22. The van der Waals surface area contributed by atoms with E-state index in [-0.39, 0.29) is 17.5 Å². The fourth-order valence-corrected chi connectivity index (χ4v) is 4.37. The summed E-state index contributed by atoms with van der Waals surface area (Å²) in [5.74, 6) is -1.40. The SMILES string of the molecule is C[C@@]12C(=O)N(c3ccc(C(=O)O)cc3)C(=O)N1CCc1c2[nH]c2ccccc12. The Hall–Kier alpha value is -3.61. The molecule has 0 unspecified atom stereocenters. The molecular formula is C21H17N3O4.